The van der Waals surface area contributed by atoms with Crippen LogP contribution in [0.2, 0.25) is 0 Å². The number of rotatable bonds is 10. The topological polar surface area (TPSA) is 102 Å². The molecule has 0 saturated carbocycles. The first kappa shape index (κ1) is 21.8. The Hall–Kier alpha value is -3.48. The zero-order valence-electron chi connectivity index (χ0n) is 16.3. The second kappa shape index (κ2) is 11.4. The van der Waals surface area contributed by atoms with E-state index in [0.29, 0.717) is 17.7 Å². The minimum absolute atomic E-state index is 0.0881. The fourth-order valence-electron chi connectivity index (χ4n) is 2.48. The van der Waals surface area contributed by atoms with Crippen molar-refractivity contribution in [3.05, 3.63) is 65.7 Å². The van der Waals surface area contributed by atoms with Gasteiger partial charge in [0.15, 0.2) is 12.4 Å². The standard InChI is InChI=1S/C22H24N2O5/c1-2-6-20(26)24-18-11-9-17(10-12-18)19(25)15-29-22(28)14-23-21(27)13-16-7-4-3-5-8-16/h3-5,7-12H,2,6,13-15H2,1H3,(H,23,27)(H,24,26). The van der Waals surface area contributed by atoms with Crippen molar-refractivity contribution in [3.8, 4) is 0 Å². The fraction of sp³-hybridized carbons (Fsp3) is 0.273. The second-order valence-corrected chi connectivity index (χ2v) is 6.40. The van der Waals surface area contributed by atoms with Gasteiger partial charge >= 0.3 is 5.97 Å². The molecule has 0 bridgehead atoms. The largest absolute Gasteiger partial charge is 0.456 e. The van der Waals surface area contributed by atoms with Gasteiger partial charge in [0.05, 0.1) is 6.42 Å². The average molecular weight is 396 g/mol. The summed E-state index contributed by atoms with van der Waals surface area (Å²) in [6.07, 6.45) is 1.34. The van der Waals surface area contributed by atoms with Gasteiger partial charge in [0, 0.05) is 17.7 Å². The van der Waals surface area contributed by atoms with Crippen LogP contribution in [0.4, 0.5) is 5.69 Å². The van der Waals surface area contributed by atoms with E-state index in [1.807, 2.05) is 37.3 Å². The second-order valence-electron chi connectivity index (χ2n) is 6.40. The van der Waals surface area contributed by atoms with Crippen LogP contribution < -0.4 is 10.6 Å². The lowest BCUT2D eigenvalue weighted by atomic mass is 10.1. The zero-order valence-corrected chi connectivity index (χ0v) is 16.3. The van der Waals surface area contributed by atoms with Crippen LogP contribution in [-0.2, 0) is 25.5 Å². The number of nitrogens with one attached hydrogen (secondary N) is 2. The van der Waals surface area contributed by atoms with Crippen molar-refractivity contribution in [3.63, 3.8) is 0 Å². The van der Waals surface area contributed by atoms with Crippen molar-refractivity contribution < 1.29 is 23.9 Å². The van der Waals surface area contributed by atoms with Crippen molar-refractivity contribution in [2.75, 3.05) is 18.5 Å². The number of esters is 1. The summed E-state index contributed by atoms with van der Waals surface area (Å²) >= 11 is 0. The molecule has 0 saturated heterocycles. The van der Waals surface area contributed by atoms with Gasteiger partial charge in [-0.05, 0) is 36.2 Å². The first-order chi connectivity index (χ1) is 14.0. The molecule has 0 fully saturated rings. The summed E-state index contributed by atoms with van der Waals surface area (Å²) in [7, 11) is 0. The third kappa shape index (κ3) is 7.96. The lowest BCUT2D eigenvalue weighted by molar-refractivity contribution is -0.142. The van der Waals surface area contributed by atoms with E-state index in [9.17, 15) is 19.2 Å². The van der Waals surface area contributed by atoms with Crippen LogP contribution in [0.5, 0.6) is 0 Å². The Kier molecular flexibility index (Phi) is 8.56. The number of anilines is 1. The predicted octanol–water partition coefficient (Wildman–Crippen LogP) is 2.51. The summed E-state index contributed by atoms with van der Waals surface area (Å²) in [4.78, 5) is 47.2. The van der Waals surface area contributed by atoms with Crippen LogP contribution >= 0.6 is 0 Å². The Morgan fingerprint density at radius 2 is 1.59 bits per heavy atom. The van der Waals surface area contributed by atoms with Crippen LogP contribution in [0.25, 0.3) is 0 Å². The molecule has 0 heterocycles. The predicted molar refractivity (Wildman–Crippen MR) is 108 cm³/mol. The highest BCUT2D eigenvalue weighted by Gasteiger charge is 2.12. The van der Waals surface area contributed by atoms with Gasteiger partial charge in [0.25, 0.3) is 0 Å². The van der Waals surface area contributed by atoms with Gasteiger partial charge in [-0.15, -0.1) is 0 Å². The summed E-state index contributed by atoms with van der Waals surface area (Å²) < 4.78 is 4.91. The molecule has 2 rings (SSSR count). The van der Waals surface area contributed by atoms with Crippen molar-refractivity contribution in [2.45, 2.75) is 26.2 Å². The Morgan fingerprint density at radius 3 is 2.24 bits per heavy atom. The van der Waals surface area contributed by atoms with E-state index in [1.54, 1.807) is 24.3 Å². The molecule has 0 spiro atoms. The van der Waals surface area contributed by atoms with E-state index < -0.39 is 12.6 Å². The third-order valence-electron chi connectivity index (χ3n) is 3.97. The van der Waals surface area contributed by atoms with E-state index in [0.717, 1.165) is 12.0 Å². The summed E-state index contributed by atoms with van der Waals surface area (Å²) in [6, 6.07) is 15.5. The molecule has 0 radical (unpaired) electrons. The van der Waals surface area contributed by atoms with Crippen LogP contribution in [0.1, 0.15) is 35.7 Å². The van der Waals surface area contributed by atoms with Crippen LogP contribution in [0, 0.1) is 0 Å². The number of amides is 2. The van der Waals surface area contributed by atoms with Crippen molar-refractivity contribution >= 4 is 29.3 Å². The Morgan fingerprint density at radius 1 is 0.897 bits per heavy atom. The zero-order chi connectivity index (χ0) is 21.1. The lowest BCUT2D eigenvalue weighted by Gasteiger charge is -2.07. The molecule has 2 aromatic carbocycles. The summed E-state index contributed by atoms with van der Waals surface area (Å²) in [5.74, 6) is -1.46. The SMILES string of the molecule is CCCC(=O)Nc1ccc(C(=O)COC(=O)CNC(=O)Cc2ccccc2)cc1. The minimum Gasteiger partial charge on any atom is -0.456 e. The van der Waals surface area contributed by atoms with Crippen molar-refractivity contribution in [2.24, 2.45) is 0 Å². The molecule has 2 amide bonds. The number of ketones is 1. The smallest absolute Gasteiger partial charge is 0.325 e. The van der Waals surface area contributed by atoms with Crippen molar-refractivity contribution in [1.82, 2.24) is 5.32 Å². The molecule has 0 aromatic heterocycles. The number of ether oxygens (including phenoxy) is 1. The van der Waals surface area contributed by atoms with Crippen molar-refractivity contribution in [1.29, 1.82) is 0 Å². The molecule has 7 nitrogen and oxygen atoms in total. The molecule has 7 heteroatoms. The van der Waals surface area contributed by atoms with Gasteiger partial charge in [0.1, 0.15) is 6.54 Å². The molecular weight excluding hydrogens is 372 g/mol. The van der Waals surface area contributed by atoms with Crippen LogP contribution in [-0.4, -0.2) is 36.7 Å². The van der Waals surface area contributed by atoms with E-state index in [2.05, 4.69) is 10.6 Å². The summed E-state index contributed by atoms with van der Waals surface area (Å²) in [5, 5.41) is 5.19. The van der Waals surface area contributed by atoms with Crippen LogP contribution in [0.15, 0.2) is 54.6 Å². The molecule has 2 N–H and O–H groups in total. The first-order valence-corrected chi connectivity index (χ1v) is 9.37. The molecule has 0 aliphatic carbocycles. The third-order valence-corrected chi connectivity index (χ3v) is 3.97. The highest BCUT2D eigenvalue weighted by molar-refractivity contribution is 5.99. The number of hydrogen-bond acceptors (Lipinski definition) is 5. The average Bonchev–Trinajstić information content (AvgIpc) is 2.72. The molecule has 152 valence electrons. The fourth-order valence-corrected chi connectivity index (χ4v) is 2.48. The van der Waals surface area contributed by atoms with Gasteiger partial charge in [0.2, 0.25) is 11.8 Å². The molecule has 2 aromatic rings. The monoisotopic (exact) mass is 396 g/mol. The molecule has 29 heavy (non-hydrogen) atoms. The normalized spacial score (nSPS) is 10.1. The number of Topliss-reactive ketones (excluding diaryl/α,β-unsaturated/α-hetero) is 1. The number of benzene rings is 2. The Balaban J connectivity index is 1.71. The minimum atomic E-state index is -0.691. The van der Waals surface area contributed by atoms with Gasteiger partial charge < -0.3 is 15.4 Å². The van der Waals surface area contributed by atoms with Gasteiger partial charge in [-0.2, -0.15) is 0 Å². The molecule has 0 atom stereocenters. The Labute approximate surface area is 169 Å². The number of carbonyl (C=O) groups excluding carboxylic acids is 4. The maximum atomic E-state index is 12.1. The maximum Gasteiger partial charge on any atom is 0.325 e. The molecule has 0 unspecified atom stereocenters. The lowest BCUT2D eigenvalue weighted by Crippen LogP contribution is -2.32. The number of hydrogen-bond donors (Lipinski definition) is 2. The van der Waals surface area contributed by atoms with Crippen LogP contribution in [0.3, 0.4) is 0 Å². The van der Waals surface area contributed by atoms with E-state index >= 15 is 0 Å². The molecular formula is C22H24N2O5. The van der Waals surface area contributed by atoms with E-state index in [4.69, 9.17) is 4.74 Å². The highest BCUT2D eigenvalue weighted by Crippen LogP contribution is 2.11. The van der Waals surface area contributed by atoms with E-state index in [1.165, 1.54) is 0 Å². The first-order valence-electron chi connectivity index (χ1n) is 9.37. The quantitative estimate of drug-likeness (QED) is 0.475. The summed E-state index contributed by atoms with van der Waals surface area (Å²) in [6.45, 7) is 1.19. The molecule has 0 aliphatic rings. The maximum absolute atomic E-state index is 12.1. The van der Waals surface area contributed by atoms with Gasteiger partial charge in [-0.3, -0.25) is 19.2 Å². The number of carbonyl (C=O) groups is 4. The Bertz CT molecular complexity index is 847. The molecule has 0 aliphatic heterocycles. The van der Waals surface area contributed by atoms with E-state index in [-0.39, 0.29) is 30.6 Å². The van der Waals surface area contributed by atoms with Gasteiger partial charge in [-0.25, -0.2) is 0 Å². The summed E-state index contributed by atoms with van der Waals surface area (Å²) in [5.41, 5.74) is 1.79. The highest BCUT2D eigenvalue weighted by atomic mass is 16.5. The van der Waals surface area contributed by atoms with Gasteiger partial charge in [-0.1, -0.05) is 37.3 Å².